The lowest BCUT2D eigenvalue weighted by atomic mass is 9.84. The molecule has 88 valence electrons. The molecule has 0 unspecified atom stereocenters. The number of rotatable bonds is 5. The number of hydrogen-bond acceptors (Lipinski definition) is 4. The highest BCUT2D eigenvalue weighted by atomic mass is 16.6. The van der Waals surface area contributed by atoms with Gasteiger partial charge in [-0.3, -0.25) is 0 Å². The van der Waals surface area contributed by atoms with Gasteiger partial charge in [0.15, 0.2) is 0 Å². The van der Waals surface area contributed by atoms with Crippen molar-refractivity contribution >= 4 is 13.2 Å². The third kappa shape index (κ3) is 11.2. The van der Waals surface area contributed by atoms with Gasteiger partial charge in [0.25, 0.3) is 0 Å². The molecule has 0 saturated carbocycles. The van der Waals surface area contributed by atoms with Crippen molar-refractivity contribution in [1.29, 1.82) is 0 Å². The summed E-state index contributed by atoms with van der Waals surface area (Å²) in [5.74, 6) is 0. The highest BCUT2D eigenvalue weighted by Gasteiger charge is 2.15. The van der Waals surface area contributed by atoms with Crippen molar-refractivity contribution in [1.82, 2.24) is 5.32 Å². The second-order valence-electron chi connectivity index (χ2n) is 4.41. The Balaban J connectivity index is 3.40. The third-order valence-electron chi connectivity index (χ3n) is 1.56. The van der Waals surface area contributed by atoms with Crippen molar-refractivity contribution in [3.8, 4) is 0 Å². The Kier molecular flexibility index (Phi) is 6.35. The number of carbonyl (C=O) groups is 1. The molecule has 0 aromatic heterocycles. The van der Waals surface area contributed by atoms with E-state index in [2.05, 4.69) is 5.32 Å². The Labute approximate surface area is 91.0 Å². The molecule has 0 heterocycles. The van der Waals surface area contributed by atoms with Crippen LogP contribution in [0, 0.1) is 0 Å². The first-order valence-electron chi connectivity index (χ1n) is 5.14. The summed E-state index contributed by atoms with van der Waals surface area (Å²) < 4.78 is 5.02. The first kappa shape index (κ1) is 14.3. The minimum atomic E-state index is -1.26. The fourth-order valence-corrected chi connectivity index (χ4v) is 0.957. The average Bonchev–Trinajstić information content (AvgIpc) is 1.99. The zero-order valence-electron chi connectivity index (χ0n) is 9.62. The van der Waals surface area contributed by atoms with E-state index in [9.17, 15) is 4.79 Å². The van der Waals surface area contributed by atoms with Crippen molar-refractivity contribution in [2.24, 2.45) is 0 Å². The first-order valence-corrected chi connectivity index (χ1v) is 5.14. The second kappa shape index (κ2) is 6.69. The molecule has 0 aliphatic carbocycles. The molecule has 0 rings (SSSR count). The lowest BCUT2D eigenvalue weighted by molar-refractivity contribution is 0.0527. The fraction of sp³-hybridized carbons (Fsp3) is 0.889. The van der Waals surface area contributed by atoms with Gasteiger partial charge in [-0.1, -0.05) is 6.42 Å². The van der Waals surface area contributed by atoms with Crippen LogP contribution in [0.15, 0.2) is 0 Å². The van der Waals surface area contributed by atoms with Gasteiger partial charge in [-0.15, -0.1) is 0 Å². The van der Waals surface area contributed by atoms with E-state index in [1.165, 1.54) is 0 Å². The Morgan fingerprint density at radius 2 is 1.93 bits per heavy atom. The molecule has 6 heteroatoms. The van der Waals surface area contributed by atoms with Gasteiger partial charge in [0.2, 0.25) is 0 Å². The smallest absolute Gasteiger partial charge is 0.444 e. The van der Waals surface area contributed by atoms with E-state index >= 15 is 0 Å². The molecule has 0 aliphatic rings. The van der Waals surface area contributed by atoms with Gasteiger partial charge in [-0.25, -0.2) is 4.79 Å². The number of alkyl carbamates (subject to hydrolysis) is 1. The van der Waals surface area contributed by atoms with E-state index in [0.29, 0.717) is 25.7 Å². The first-order chi connectivity index (χ1) is 6.81. The molecule has 5 nitrogen and oxygen atoms in total. The van der Waals surface area contributed by atoms with Crippen LogP contribution in [0.4, 0.5) is 4.79 Å². The normalized spacial score (nSPS) is 11.0. The third-order valence-corrected chi connectivity index (χ3v) is 1.56. The van der Waals surface area contributed by atoms with Crippen molar-refractivity contribution in [3.63, 3.8) is 0 Å². The summed E-state index contributed by atoms with van der Waals surface area (Å²) in [4.78, 5) is 11.1. The predicted molar refractivity (Wildman–Crippen MR) is 58.5 cm³/mol. The largest absolute Gasteiger partial charge is 0.451 e. The maximum absolute atomic E-state index is 11.1. The van der Waals surface area contributed by atoms with Gasteiger partial charge in [0, 0.05) is 6.54 Å². The van der Waals surface area contributed by atoms with Crippen LogP contribution in [0.1, 0.15) is 33.6 Å². The lowest BCUT2D eigenvalue weighted by Gasteiger charge is -2.19. The van der Waals surface area contributed by atoms with Crippen molar-refractivity contribution < 1.29 is 19.6 Å². The number of hydrogen-bond donors (Lipinski definition) is 3. The minimum absolute atomic E-state index is 0.329. The molecule has 0 aliphatic heterocycles. The van der Waals surface area contributed by atoms with Gasteiger partial charge in [0.05, 0.1) is 0 Å². The van der Waals surface area contributed by atoms with E-state index in [0.717, 1.165) is 0 Å². The van der Waals surface area contributed by atoms with Crippen LogP contribution in [-0.2, 0) is 4.74 Å². The summed E-state index contributed by atoms with van der Waals surface area (Å²) in [5, 5.41) is 19.7. The highest BCUT2D eigenvalue weighted by Crippen LogP contribution is 2.06. The van der Waals surface area contributed by atoms with Gasteiger partial charge in [-0.05, 0) is 33.5 Å². The fourth-order valence-electron chi connectivity index (χ4n) is 0.957. The van der Waals surface area contributed by atoms with E-state index in [1.54, 1.807) is 20.8 Å². The standard InChI is InChI=1S/C9H20BNO4/c1-9(2,3)15-8(12)11-7-5-4-6-10(13)14/h13-14H,4-7H2,1-3H3,(H,11,12). The average molecular weight is 217 g/mol. The molecule has 15 heavy (non-hydrogen) atoms. The Bertz CT molecular complexity index is 191. The molecular weight excluding hydrogens is 197 g/mol. The van der Waals surface area contributed by atoms with E-state index < -0.39 is 18.8 Å². The van der Waals surface area contributed by atoms with Crippen molar-refractivity contribution in [3.05, 3.63) is 0 Å². The number of unbranched alkanes of at least 4 members (excludes halogenated alkanes) is 1. The van der Waals surface area contributed by atoms with Crippen LogP contribution in [-0.4, -0.2) is 35.4 Å². The SMILES string of the molecule is CC(C)(C)OC(=O)NCCCCB(O)O. The summed E-state index contributed by atoms with van der Waals surface area (Å²) in [7, 11) is -1.26. The van der Waals surface area contributed by atoms with Gasteiger partial charge in [-0.2, -0.15) is 0 Å². The molecule has 0 spiro atoms. The molecule has 0 saturated heterocycles. The molecule has 0 bridgehead atoms. The summed E-state index contributed by atoms with van der Waals surface area (Å²) in [6.07, 6.45) is 1.26. The quantitative estimate of drug-likeness (QED) is 0.469. The summed E-state index contributed by atoms with van der Waals surface area (Å²) in [6.45, 7) is 5.89. The van der Waals surface area contributed by atoms with E-state index in [1.807, 2.05) is 0 Å². The molecule has 0 aromatic carbocycles. The summed E-state index contributed by atoms with van der Waals surface area (Å²) in [6, 6.07) is 0. The molecule has 0 fully saturated rings. The van der Waals surface area contributed by atoms with E-state index in [-0.39, 0.29) is 0 Å². The van der Waals surface area contributed by atoms with Crippen molar-refractivity contribution in [2.75, 3.05) is 6.54 Å². The highest BCUT2D eigenvalue weighted by molar-refractivity contribution is 6.40. The minimum Gasteiger partial charge on any atom is -0.444 e. The number of carbonyl (C=O) groups excluding carboxylic acids is 1. The monoisotopic (exact) mass is 217 g/mol. The van der Waals surface area contributed by atoms with Gasteiger partial charge >= 0.3 is 13.2 Å². The molecule has 0 aromatic rings. The zero-order chi connectivity index (χ0) is 11.9. The molecular formula is C9H20BNO4. The van der Waals surface area contributed by atoms with Gasteiger partial charge < -0.3 is 20.1 Å². The molecule has 0 radical (unpaired) electrons. The second-order valence-corrected chi connectivity index (χ2v) is 4.41. The van der Waals surface area contributed by atoms with Crippen LogP contribution in [0.25, 0.3) is 0 Å². The molecule has 3 N–H and O–H groups in total. The maximum atomic E-state index is 11.1. The predicted octanol–water partition coefficient (Wildman–Crippen LogP) is 0.764. The Hall–Kier alpha value is -0.745. The van der Waals surface area contributed by atoms with Crippen LogP contribution in [0.2, 0.25) is 6.32 Å². The summed E-state index contributed by atoms with van der Waals surface area (Å²) >= 11 is 0. The Morgan fingerprint density at radius 1 is 1.33 bits per heavy atom. The number of nitrogens with one attached hydrogen (secondary N) is 1. The van der Waals surface area contributed by atoms with Crippen LogP contribution >= 0.6 is 0 Å². The van der Waals surface area contributed by atoms with E-state index in [4.69, 9.17) is 14.8 Å². The van der Waals surface area contributed by atoms with Gasteiger partial charge in [0.1, 0.15) is 5.60 Å². The number of ether oxygens (including phenoxy) is 1. The van der Waals surface area contributed by atoms with Crippen LogP contribution < -0.4 is 5.32 Å². The molecule has 0 atom stereocenters. The number of amides is 1. The van der Waals surface area contributed by atoms with Crippen LogP contribution in [0.5, 0.6) is 0 Å². The topological polar surface area (TPSA) is 78.8 Å². The lowest BCUT2D eigenvalue weighted by Crippen LogP contribution is -2.33. The maximum Gasteiger partial charge on any atom is 0.451 e. The summed E-state index contributed by atoms with van der Waals surface area (Å²) in [5.41, 5.74) is -0.481. The zero-order valence-corrected chi connectivity index (χ0v) is 9.62. The Morgan fingerprint density at radius 3 is 2.40 bits per heavy atom. The molecule has 1 amide bonds. The van der Waals surface area contributed by atoms with Crippen LogP contribution in [0.3, 0.4) is 0 Å². The van der Waals surface area contributed by atoms with Crippen molar-refractivity contribution in [2.45, 2.75) is 45.5 Å².